The molecule has 2 fully saturated rings. The number of nitrogens with zero attached hydrogens (tertiary/aromatic N) is 4. The molecule has 1 unspecified atom stereocenters. The van der Waals surface area contributed by atoms with Gasteiger partial charge in [0.15, 0.2) is 0 Å². The maximum atomic E-state index is 12.8. The number of aromatic nitrogens is 2. The number of halogens is 1. The van der Waals surface area contributed by atoms with Crippen LogP contribution in [0.2, 0.25) is 0 Å². The molecular formula is C23H25BrN4O2. The molecule has 7 heteroatoms. The summed E-state index contributed by atoms with van der Waals surface area (Å²) in [5.74, 6) is 1.28. The molecule has 0 spiro atoms. The molecule has 1 aromatic heterocycles. The number of benzene rings is 2. The lowest BCUT2D eigenvalue weighted by atomic mass is 10.1. The molecule has 2 saturated heterocycles. The monoisotopic (exact) mass is 468 g/mol. The second kappa shape index (κ2) is 8.49. The zero-order chi connectivity index (χ0) is 20.5. The number of fused-ring (bicyclic) bond motifs is 1. The Labute approximate surface area is 184 Å². The molecule has 5 rings (SSSR count). The number of para-hydroxylation sites is 2. The Morgan fingerprint density at radius 2 is 1.80 bits per heavy atom. The van der Waals surface area contributed by atoms with Gasteiger partial charge in [0.2, 0.25) is 5.91 Å². The van der Waals surface area contributed by atoms with Gasteiger partial charge in [-0.3, -0.25) is 9.69 Å². The molecule has 30 heavy (non-hydrogen) atoms. The van der Waals surface area contributed by atoms with Crippen LogP contribution in [0.5, 0.6) is 0 Å². The highest BCUT2D eigenvalue weighted by Crippen LogP contribution is 2.33. The van der Waals surface area contributed by atoms with Gasteiger partial charge < -0.3 is 14.2 Å². The smallest absolute Gasteiger partial charge is 0.227 e. The van der Waals surface area contributed by atoms with E-state index in [0.29, 0.717) is 13.0 Å². The molecule has 3 aromatic rings. The Balaban J connectivity index is 1.42. The van der Waals surface area contributed by atoms with E-state index in [1.54, 1.807) is 0 Å². The topological polar surface area (TPSA) is 50.6 Å². The number of anilines is 1. The van der Waals surface area contributed by atoms with Crippen LogP contribution in [0.25, 0.3) is 11.0 Å². The molecule has 6 nitrogen and oxygen atoms in total. The highest BCUT2D eigenvalue weighted by Gasteiger charge is 2.34. The number of rotatable bonds is 5. The van der Waals surface area contributed by atoms with E-state index in [1.807, 2.05) is 35.2 Å². The van der Waals surface area contributed by atoms with Gasteiger partial charge in [0.05, 0.1) is 24.2 Å². The zero-order valence-electron chi connectivity index (χ0n) is 16.8. The summed E-state index contributed by atoms with van der Waals surface area (Å²) >= 11 is 3.47. The number of hydrogen-bond acceptors (Lipinski definition) is 4. The quantitative estimate of drug-likeness (QED) is 0.573. The molecule has 0 radical (unpaired) electrons. The first-order valence-corrected chi connectivity index (χ1v) is 11.3. The van der Waals surface area contributed by atoms with Crippen LogP contribution in [0.15, 0.2) is 53.0 Å². The van der Waals surface area contributed by atoms with Crippen LogP contribution in [-0.4, -0.2) is 59.8 Å². The minimum absolute atomic E-state index is 0.0956. The molecule has 2 aliphatic heterocycles. The third-order valence-corrected chi connectivity index (χ3v) is 6.58. The molecular weight excluding hydrogens is 444 g/mol. The van der Waals surface area contributed by atoms with E-state index in [-0.39, 0.29) is 11.8 Å². The number of hydrogen-bond donors (Lipinski definition) is 0. The van der Waals surface area contributed by atoms with Crippen LogP contribution in [0.1, 0.15) is 18.2 Å². The molecule has 2 aromatic carbocycles. The van der Waals surface area contributed by atoms with Gasteiger partial charge in [0.1, 0.15) is 5.82 Å². The van der Waals surface area contributed by atoms with Crippen molar-refractivity contribution in [1.29, 1.82) is 0 Å². The van der Waals surface area contributed by atoms with Gasteiger partial charge >= 0.3 is 0 Å². The van der Waals surface area contributed by atoms with Crippen LogP contribution >= 0.6 is 15.9 Å². The Kier molecular flexibility index (Phi) is 5.58. The predicted molar refractivity (Wildman–Crippen MR) is 121 cm³/mol. The maximum absolute atomic E-state index is 12.8. The number of carbonyl (C=O) groups is 1. The summed E-state index contributed by atoms with van der Waals surface area (Å²) in [6, 6.07) is 16.2. The zero-order valence-corrected chi connectivity index (χ0v) is 18.4. The van der Waals surface area contributed by atoms with E-state index in [4.69, 9.17) is 9.72 Å². The SMILES string of the molecule is O=C1CC(c2nc3ccccc3n2CCN2CCOCC2)CN1c1ccc(Br)cc1. The fourth-order valence-electron chi connectivity index (χ4n) is 4.46. The molecule has 0 saturated carbocycles. The Morgan fingerprint density at radius 1 is 1.03 bits per heavy atom. The van der Waals surface area contributed by atoms with E-state index in [1.165, 1.54) is 0 Å². The van der Waals surface area contributed by atoms with Crippen molar-refractivity contribution in [2.75, 3.05) is 44.3 Å². The fraction of sp³-hybridized carbons (Fsp3) is 0.391. The number of morpholine rings is 1. The van der Waals surface area contributed by atoms with E-state index in [2.05, 4.69) is 43.6 Å². The van der Waals surface area contributed by atoms with Crippen LogP contribution < -0.4 is 4.90 Å². The molecule has 2 aliphatic rings. The molecule has 1 atom stereocenters. The normalized spacial score (nSPS) is 20.4. The van der Waals surface area contributed by atoms with Crippen molar-refractivity contribution < 1.29 is 9.53 Å². The van der Waals surface area contributed by atoms with Gasteiger partial charge in [-0.1, -0.05) is 28.1 Å². The Bertz CT molecular complexity index is 1040. The van der Waals surface area contributed by atoms with Gasteiger partial charge in [-0.15, -0.1) is 0 Å². The minimum atomic E-state index is 0.0956. The number of ether oxygens (including phenoxy) is 1. The van der Waals surface area contributed by atoms with Crippen molar-refractivity contribution in [2.45, 2.75) is 18.9 Å². The first kappa shape index (κ1) is 19.7. The second-order valence-corrected chi connectivity index (χ2v) is 8.86. The first-order chi connectivity index (χ1) is 14.7. The number of amides is 1. The maximum Gasteiger partial charge on any atom is 0.227 e. The van der Waals surface area contributed by atoms with Gasteiger partial charge in [0, 0.05) is 55.2 Å². The minimum Gasteiger partial charge on any atom is -0.379 e. The van der Waals surface area contributed by atoms with Crippen LogP contribution in [0, 0.1) is 0 Å². The van der Waals surface area contributed by atoms with E-state index in [9.17, 15) is 4.79 Å². The van der Waals surface area contributed by atoms with Crippen molar-refractivity contribution in [1.82, 2.24) is 14.5 Å². The first-order valence-electron chi connectivity index (χ1n) is 10.5. The summed E-state index contributed by atoms with van der Waals surface area (Å²) in [5, 5.41) is 0. The van der Waals surface area contributed by atoms with Crippen molar-refractivity contribution in [3.8, 4) is 0 Å². The lowest BCUT2D eigenvalue weighted by Gasteiger charge is -2.27. The number of carbonyl (C=O) groups excluding carboxylic acids is 1. The molecule has 0 bridgehead atoms. The molecule has 1 amide bonds. The van der Waals surface area contributed by atoms with E-state index in [0.717, 1.165) is 66.4 Å². The summed E-state index contributed by atoms with van der Waals surface area (Å²) in [7, 11) is 0. The van der Waals surface area contributed by atoms with Crippen LogP contribution in [-0.2, 0) is 16.1 Å². The van der Waals surface area contributed by atoms with E-state index >= 15 is 0 Å². The number of imidazole rings is 1. The van der Waals surface area contributed by atoms with Gasteiger partial charge in [-0.2, -0.15) is 0 Å². The van der Waals surface area contributed by atoms with Crippen LogP contribution in [0.4, 0.5) is 5.69 Å². The predicted octanol–water partition coefficient (Wildman–Crippen LogP) is 3.65. The van der Waals surface area contributed by atoms with Crippen molar-refractivity contribution >= 4 is 38.6 Å². The van der Waals surface area contributed by atoms with Crippen molar-refractivity contribution in [3.05, 3.63) is 58.8 Å². The molecule has 3 heterocycles. The van der Waals surface area contributed by atoms with Gasteiger partial charge in [-0.25, -0.2) is 4.98 Å². The lowest BCUT2D eigenvalue weighted by Crippen LogP contribution is -2.38. The second-order valence-electron chi connectivity index (χ2n) is 7.95. The summed E-state index contributed by atoms with van der Waals surface area (Å²) in [5.41, 5.74) is 3.10. The standard InChI is InChI=1S/C23H25BrN4O2/c24-18-5-7-19(8-6-18)28-16-17(15-22(28)29)23-25-20-3-1-2-4-21(20)27(23)10-9-26-11-13-30-14-12-26/h1-8,17H,9-16H2. The Hall–Kier alpha value is -2.22. The summed E-state index contributed by atoms with van der Waals surface area (Å²) in [4.78, 5) is 22.1. The molecule has 0 aliphatic carbocycles. The summed E-state index contributed by atoms with van der Waals surface area (Å²) in [6.07, 6.45) is 0.497. The summed E-state index contributed by atoms with van der Waals surface area (Å²) in [6.45, 7) is 6.06. The van der Waals surface area contributed by atoms with E-state index < -0.39 is 0 Å². The van der Waals surface area contributed by atoms with Gasteiger partial charge in [-0.05, 0) is 36.4 Å². The Morgan fingerprint density at radius 3 is 2.60 bits per heavy atom. The highest BCUT2D eigenvalue weighted by molar-refractivity contribution is 9.10. The van der Waals surface area contributed by atoms with Gasteiger partial charge in [0.25, 0.3) is 0 Å². The third-order valence-electron chi connectivity index (χ3n) is 6.06. The average Bonchev–Trinajstić information content (AvgIpc) is 3.34. The largest absolute Gasteiger partial charge is 0.379 e. The third kappa shape index (κ3) is 3.89. The fourth-order valence-corrected chi connectivity index (χ4v) is 4.72. The van der Waals surface area contributed by atoms with Crippen molar-refractivity contribution in [2.24, 2.45) is 0 Å². The lowest BCUT2D eigenvalue weighted by molar-refractivity contribution is -0.117. The molecule has 156 valence electrons. The summed E-state index contributed by atoms with van der Waals surface area (Å²) < 4.78 is 8.82. The van der Waals surface area contributed by atoms with Crippen molar-refractivity contribution in [3.63, 3.8) is 0 Å². The molecule has 0 N–H and O–H groups in total. The van der Waals surface area contributed by atoms with Crippen LogP contribution in [0.3, 0.4) is 0 Å². The average molecular weight is 469 g/mol. The highest BCUT2D eigenvalue weighted by atomic mass is 79.9.